The van der Waals surface area contributed by atoms with Crippen molar-refractivity contribution in [3.63, 3.8) is 0 Å². The molecule has 2 N–H and O–H groups in total. The highest BCUT2D eigenvalue weighted by molar-refractivity contribution is 6.01. The molecule has 1 aliphatic heterocycles. The molecule has 1 aromatic heterocycles. The molecule has 0 aliphatic carbocycles. The summed E-state index contributed by atoms with van der Waals surface area (Å²) in [5, 5.41) is 16.3. The van der Waals surface area contributed by atoms with E-state index in [2.05, 4.69) is 15.2 Å². The van der Waals surface area contributed by atoms with Crippen LogP contribution in [0.3, 0.4) is 0 Å². The summed E-state index contributed by atoms with van der Waals surface area (Å²) in [7, 11) is 0. The number of aliphatic hydroxyl groups is 1. The Morgan fingerprint density at radius 1 is 1.03 bits per heavy atom. The van der Waals surface area contributed by atoms with Crippen LogP contribution in [-0.2, 0) is 23.4 Å². The van der Waals surface area contributed by atoms with E-state index in [1.807, 2.05) is 0 Å². The molecule has 1 aliphatic rings. The van der Waals surface area contributed by atoms with Gasteiger partial charge in [0.25, 0.3) is 5.60 Å². The van der Waals surface area contributed by atoms with Gasteiger partial charge in [-0.25, -0.2) is 4.98 Å². The second kappa shape index (κ2) is 7.58. The van der Waals surface area contributed by atoms with Crippen LogP contribution < -0.4 is 4.90 Å². The van der Waals surface area contributed by atoms with E-state index in [0.717, 1.165) is 12.1 Å². The van der Waals surface area contributed by atoms with E-state index in [4.69, 9.17) is 0 Å². The summed E-state index contributed by atoms with van der Waals surface area (Å²) < 4.78 is 78.3. The van der Waals surface area contributed by atoms with E-state index in [1.54, 1.807) is 25.1 Å². The zero-order valence-corrected chi connectivity index (χ0v) is 16.9. The van der Waals surface area contributed by atoms with E-state index >= 15 is 0 Å². The molecule has 0 saturated carbocycles. The number of carbonyl (C=O) groups excluding carboxylic acids is 1. The number of nitrogens with zero attached hydrogens (tertiary/aromatic N) is 3. The highest BCUT2D eigenvalue weighted by Gasteiger charge is 2.71. The predicted molar refractivity (Wildman–Crippen MR) is 104 cm³/mol. The van der Waals surface area contributed by atoms with Crippen molar-refractivity contribution in [3.8, 4) is 11.4 Å². The molecule has 12 heteroatoms. The van der Waals surface area contributed by atoms with E-state index in [0.29, 0.717) is 46.2 Å². The fourth-order valence-electron chi connectivity index (χ4n) is 3.69. The number of nitrogens with one attached hydrogen (secondary N) is 1. The number of aromatic amines is 1. The largest absolute Gasteiger partial charge is 0.430 e. The first-order chi connectivity index (χ1) is 15.3. The van der Waals surface area contributed by atoms with E-state index < -0.39 is 23.5 Å². The molecule has 0 fully saturated rings. The molecule has 2 aromatic carbocycles. The maximum Gasteiger partial charge on any atom is 0.430 e. The number of alkyl halides is 6. The molecule has 33 heavy (non-hydrogen) atoms. The number of anilines is 1. The lowest BCUT2D eigenvalue weighted by atomic mass is 9.91. The van der Waals surface area contributed by atoms with Crippen molar-refractivity contribution in [1.82, 2.24) is 15.2 Å². The lowest BCUT2D eigenvalue weighted by molar-refractivity contribution is -0.376. The molecule has 6 nitrogen and oxygen atoms in total. The fourth-order valence-corrected chi connectivity index (χ4v) is 3.69. The lowest BCUT2D eigenvalue weighted by Crippen LogP contribution is -2.53. The van der Waals surface area contributed by atoms with Crippen LogP contribution in [0.4, 0.5) is 32.0 Å². The Morgan fingerprint density at radius 2 is 1.67 bits per heavy atom. The number of benzene rings is 2. The zero-order valence-electron chi connectivity index (χ0n) is 16.9. The van der Waals surface area contributed by atoms with E-state index in [9.17, 15) is 36.2 Å². The van der Waals surface area contributed by atoms with Crippen LogP contribution in [-0.4, -0.2) is 38.5 Å². The van der Waals surface area contributed by atoms with Gasteiger partial charge in [0.15, 0.2) is 5.82 Å². The van der Waals surface area contributed by atoms with E-state index in [1.165, 1.54) is 4.90 Å². The molecule has 0 unspecified atom stereocenters. The number of amides is 1. The summed E-state index contributed by atoms with van der Waals surface area (Å²) >= 11 is 0. The number of H-pyrrole nitrogens is 1. The van der Waals surface area contributed by atoms with Gasteiger partial charge in [0, 0.05) is 16.8 Å². The SMILES string of the molecule is Cc1nc(-c2ccc3c(c2)CC(=O)N3Cc2ccc(C(O)(C(F)(F)F)C(F)(F)F)cc2)n[nH]1. The molecule has 0 spiro atoms. The van der Waals surface area contributed by atoms with Gasteiger partial charge < -0.3 is 10.0 Å². The number of rotatable bonds is 4. The van der Waals surface area contributed by atoms with Gasteiger partial charge in [-0.3, -0.25) is 9.89 Å². The lowest BCUT2D eigenvalue weighted by Gasteiger charge is -2.32. The Hall–Kier alpha value is -3.41. The molecular weight excluding hydrogens is 454 g/mol. The smallest absolute Gasteiger partial charge is 0.369 e. The molecule has 4 rings (SSSR count). The number of aromatic nitrogens is 3. The summed E-state index contributed by atoms with van der Waals surface area (Å²) in [5.74, 6) is 0.799. The first-order valence-corrected chi connectivity index (χ1v) is 9.59. The van der Waals surface area contributed by atoms with Crippen LogP contribution in [0.1, 0.15) is 22.5 Å². The Kier molecular flexibility index (Phi) is 5.23. The number of aryl methyl sites for hydroxylation is 1. The predicted octanol–water partition coefficient (Wildman–Crippen LogP) is 4.18. The molecule has 0 saturated heterocycles. The Bertz CT molecular complexity index is 1190. The van der Waals surface area contributed by atoms with Crippen molar-refractivity contribution >= 4 is 11.6 Å². The summed E-state index contributed by atoms with van der Waals surface area (Å²) in [6, 6.07) is 8.32. The first-order valence-electron chi connectivity index (χ1n) is 9.59. The van der Waals surface area contributed by atoms with Gasteiger partial charge in [-0.2, -0.15) is 31.4 Å². The Morgan fingerprint density at radius 3 is 2.21 bits per heavy atom. The third-order valence-corrected chi connectivity index (χ3v) is 5.40. The van der Waals surface area contributed by atoms with Crippen LogP contribution in [0.2, 0.25) is 0 Å². The molecule has 1 amide bonds. The van der Waals surface area contributed by atoms with Gasteiger partial charge in [-0.1, -0.05) is 24.3 Å². The monoisotopic (exact) mass is 470 g/mol. The number of fused-ring (bicyclic) bond motifs is 1. The number of hydrogen-bond acceptors (Lipinski definition) is 4. The fraction of sp³-hybridized carbons (Fsp3) is 0.286. The van der Waals surface area contributed by atoms with Crippen LogP contribution in [0.15, 0.2) is 42.5 Å². The van der Waals surface area contributed by atoms with E-state index in [-0.39, 0.29) is 18.9 Å². The standard InChI is InChI=1S/C21H16F6N4O2/c1-11-28-18(30-29-11)13-4-7-16-14(8-13)9-17(32)31(16)10-12-2-5-15(6-3-12)19(33,20(22,23)24)21(25,26)27/h2-8,33H,9-10H2,1H3,(H,28,29,30). The molecular formula is C21H16F6N4O2. The summed E-state index contributed by atoms with van der Waals surface area (Å²) in [6.07, 6.45) is -11.8. The van der Waals surface area contributed by atoms with Crippen molar-refractivity contribution in [2.45, 2.75) is 37.8 Å². The minimum atomic E-state index is -5.96. The van der Waals surface area contributed by atoms with Crippen molar-refractivity contribution in [2.24, 2.45) is 0 Å². The maximum absolute atomic E-state index is 13.1. The summed E-state index contributed by atoms with van der Waals surface area (Å²) in [5.41, 5.74) is -4.10. The van der Waals surface area contributed by atoms with Crippen LogP contribution in [0.5, 0.6) is 0 Å². The minimum Gasteiger partial charge on any atom is -0.369 e. The van der Waals surface area contributed by atoms with Crippen molar-refractivity contribution in [2.75, 3.05) is 4.90 Å². The molecule has 3 aromatic rings. The average molecular weight is 470 g/mol. The second-order valence-electron chi connectivity index (χ2n) is 7.65. The van der Waals surface area contributed by atoms with Gasteiger partial charge in [0.1, 0.15) is 5.82 Å². The van der Waals surface area contributed by atoms with Gasteiger partial charge >= 0.3 is 12.4 Å². The topological polar surface area (TPSA) is 82.1 Å². The summed E-state index contributed by atoms with van der Waals surface area (Å²) in [6.45, 7) is 1.67. The van der Waals surface area contributed by atoms with Gasteiger partial charge in [-0.05, 0) is 36.2 Å². The van der Waals surface area contributed by atoms with Crippen molar-refractivity contribution in [1.29, 1.82) is 0 Å². The zero-order chi connectivity index (χ0) is 24.2. The first kappa shape index (κ1) is 22.8. The van der Waals surface area contributed by atoms with Crippen LogP contribution in [0, 0.1) is 6.92 Å². The summed E-state index contributed by atoms with van der Waals surface area (Å²) in [4.78, 5) is 18.1. The third-order valence-electron chi connectivity index (χ3n) is 5.40. The average Bonchev–Trinajstić information content (AvgIpc) is 3.29. The molecule has 174 valence electrons. The van der Waals surface area contributed by atoms with Crippen LogP contribution >= 0.6 is 0 Å². The quantitative estimate of drug-likeness (QED) is 0.561. The minimum absolute atomic E-state index is 0.0678. The van der Waals surface area contributed by atoms with Gasteiger partial charge in [0.2, 0.25) is 5.91 Å². The molecule has 2 heterocycles. The highest BCUT2D eigenvalue weighted by Crippen LogP contribution is 2.50. The molecule has 0 atom stereocenters. The molecule has 0 radical (unpaired) electrons. The van der Waals surface area contributed by atoms with Gasteiger partial charge in [0.05, 0.1) is 13.0 Å². The second-order valence-corrected chi connectivity index (χ2v) is 7.65. The highest BCUT2D eigenvalue weighted by atomic mass is 19.4. The van der Waals surface area contributed by atoms with Gasteiger partial charge in [-0.15, -0.1) is 0 Å². The van der Waals surface area contributed by atoms with Crippen molar-refractivity contribution in [3.05, 3.63) is 65.0 Å². The Balaban J connectivity index is 1.59. The Labute approximate surface area is 182 Å². The maximum atomic E-state index is 13.1. The normalized spacial score (nSPS) is 14.7. The number of carbonyl (C=O) groups is 1. The van der Waals surface area contributed by atoms with Crippen molar-refractivity contribution < 1.29 is 36.2 Å². The third kappa shape index (κ3) is 3.84. The number of hydrogen-bond donors (Lipinski definition) is 2. The number of halogens is 6. The molecule has 0 bridgehead atoms. The van der Waals surface area contributed by atoms with Crippen LogP contribution in [0.25, 0.3) is 11.4 Å².